The van der Waals surface area contributed by atoms with Gasteiger partial charge in [0.25, 0.3) is 5.91 Å². The lowest BCUT2D eigenvalue weighted by Crippen LogP contribution is -2.38. The minimum Gasteiger partial charge on any atom is -0.378 e. The van der Waals surface area contributed by atoms with Crippen molar-refractivity contribution in [1.82, 2.24) is 14.9 Å². The first-order valence-corrected chi connectivity index (χ1v) is 8.17. The van der Waals surface area contributed by atoms with Crippen LogP contribution < -0.4 is 5.32 Å². The molecule has 21 heavy (non-hydrogen) atoms. The molecule has 0 radical (unpaired) electrons. The molecule has 1 aliphatic rings. The zero-order valence-electron chi connectivity index (χ0n) is 11.7. The number of hydrogen-bond acceptors (Lipinski definition) is 4. The maximum absolute atomic E-state index is 12.3. The van der Waals surface area contributed by atoms with Crippen LogP contribution in [0.15, 0.2) is 36.7 Å². The summed E-state index contributed by atoms with van der Waals surface area (Å²) in [5, 5.41) is 3.27. The van der Waals surface area contributed by atoms with Crippen LogP contribution >= 0.6 is 11.8 Å². The number of anilines is 1. The maximum Gasteiger partial charge on any atom is 0.270 e. The van der Waals surface area contributed by atoms with Crippen LogP contribution in [-0.4, -0.2) is 45.4 Å². The second-order valence-electron chi connectivity index (χ2n) is 4.88. The number of aromatic amines is 1. The molecule has 3 rings (SSSR count). The summed E-state index contributed by atoms with van der Waals surface area (Å²) in [5.41, 5.74) is 2.53. The first-order chi connectivity index (χ1) is 10.3. The van der Waals surface area contributed by atoms with Crippen LogP contribution in [0, 0.1) is 0 Å². The van der Waals surface area contributed by atoms with Crippen molar-refractivity contribution in [1.29, 1.82) is 0 Å². The van der Waals surface area contributed by atoms with Gasteiger partial charge in [0.1, 0.15) is 5.69 Å². The third-order valence-corrected chi connectivity index (χ3v) is 4.35. The van der Waals surface area contributed by atoms with E-state index in [0.717, 1.165) is 36.0 Å². The van der Waals surface area contributed by atoms with E-state index in [9.17, 15) is 4.79 Å². The van der Waals surface area contributed by atoms with Crippen molar-refractivity contribution in [3.8, 4) is 0 Å². The Labute approximate surface area is 128 Å². The summed E-state index contributed by atoms with van der Waals surface area (Å²) in [6.45, 7) is 2.31. The van der Waals surface area contributed by atoms with Gasteiger partial charge in [-0.15, -0.1) is 0 Å². The van der Waals surface area contributed by atoms with E-state index in [2.05, 4.69) is 15.3 Å². The van der Waals surface area contributed by atoms with Crippen molar-refractivity contribution in [3.63, 3.8) is 0 Å². The summed E-state index contributed by atoms with van der Waals surface area (Å²) in [6, 6.07) is 7.70. The van der Waals surface area contributed by atoms with Crippen molar-refractivity contribution >= 4 is 23.4 Å². The number of carbonyl (C=O) groups is 1. The lowest BCUT2D eigenvalue weighted by molar-refractivity contribution is 0.0767. The van der Waals surface area contributed by atoms with E-state index in [-0.39, 0.29) is 5.91 Å². The first-order valence-electron chi connectivity index (χ1n) is 7.02. The minimum absolute atomic E-state index is 0.0844. The molecule has 0 aromatic carbocycles. The molecule has 0 bridgehead atoms. The zero-order chi connectivity index (χ0) is 14.5. The number of carbonyl (C=O) groups excluding carboxylic acids is 1. The fourth-order valence-corrected chi connectivity index (χ4v) is 3.16. The number of hydrogen-bond donors (Lipinski definition) is 2. The predicted molar refractivity (Wildman–Crippen MR) is 85.6 cm³/mol. The van der Waals surface area contributed by atoms with E-state index in [0.29, 0.717) is 12.2 Å². The smallest absolute Gasteiger partial charge is 0.270 e. The number of rotatable bonds is 4. The Balaban J connectivity index is 1.59. The van der Waals surface area contributed by atoms with E-state index >= 15 is 0 Å². The van der Waals surface area contributed by atoms with Crippen molar-refractivity contribution < 1.29 is 4.79 Å². The maximum atomic E-state index is 12.3. The van der Waals surface area contributed by atoms with Crippen molar-refractivity contribution in [2.75, 3.05) is 29.9 Å². The Bertz CT molecular complexity index is 593. The van der Waals surface area contributed by atoms with Crippen LogP contribution in [0.2, 0.25) is 0 Å². The molecular formula is C15H18N4OS. The average molecular weight is 302 g/mol. The van der Waals surface area contributed by atoms with E-state index in [1.165, 1.54) is 0 Å². The summed E-state index contributed by atoms with van der Waals surface area (Å²) in [7, 11) is 0. The number of aromatic nitrogens is 2. The van der Waals surface area contributed by atoms with Gasteiger partial charge in [-0.1, -0.05) is 6.07 Å². The number of nitrogens with zero attached hydrogens (tertiary/aromatic N) is 2. The molecular weight excluding hydrogens is 284 g/mol. The summed E-state index contributed by atoms with van der Waals surface area (Å²) in [5.74, 6) is 2.13. The SMILES string of the molecule is O=C(c1cc(NCc2ccccn2)c[nH]1)N1CCSCC1. The number of nitrogens with one attached hydrogen (secondary N) is 2. The minimum atomic E-state index is 0.0844. The number of amides is 1. The third-order valence-electron chi connectivity index (χ3n) is 3.41. The largest absolute Gasteiger partial charge is 0.378 e. The van der Waals surface area contributed by atoms with E-state index < -0.39 is 0 Å². The van der Waals surface area contributed by atoms with Crippen LogP contribution in [0.25, 0.3) is 0 Å². The molecule has 1 aliphatic heterocycles. The lowest BCUT2D eigenvalue weighted by atomic mass is 10.3. The van der Waals surface area contributed by atoms with Gasteiger partial charge in [0, 0.05) is 37.0 Å². The van der Waals surface area contributed by atoms with Crippen molar-refractivity contribution in [2.24, 2.45) is 0 Å². The van der Waals surface area contributed by atoms with Gasteiger partial charge in [-0.25, -0.2) is 0 Å². The van der Waals surface area contributed by atoms with E-state index in [1.807, 2.05) is 47.1 Å². The highest BCUT2D eigenvalue weighted by atomic mass is 32.2. The van der Waals surface area contributed by atoms with Gasteiger partial charge in [0.05, 0.1) is 17.9 Å². The molecule has 0 aliphatic carbocycles. The van der Waals surface area contributed by atoms with Gasteiger partial charge in [-0.05, 0) is 18.2 Å². The highest BCUT2D eigenvalue weighted by Crippen LogP contribution is 2.16. The Morgan fingerprint density at radius 2 is 2.24 bits per heavy atom. The van der Waals surface area contributed by atoms with Crippen LogP contribution in [0.4, 0.5) is 5.69 Å². The molecule has 0 saturated carbocycles. The fourth-order valence-electron chi connectivity index (χ4n) is 2.25. The number of pyridine rings is 1. The topological polar surface area (TPSA) is 61.0 Å². The van der Waals surface area contributed by atoms with Gasteiger partial charge in [-0.2, -0.15) is 11.8 Å². The summed E-state index contributed by atoms with van der Waals surface area (Å²) >= 11 is 1.90. The van der Waals surface area contributed by atoms with Gasteiger partial charge >= 0.3 is 0 Å². The summed E-state index contributed by atoms with van der Waals surface area (Å²) in [6.07, 6.45) is 3.60. The average Bonchev–Trinajstić information content (AvgIpc) is 3.03. The number of H-pyrrole nitrogens is 1. The number of thioether (sulfide) groups is 1. The standard InChI is InChI=1S/C15H18N4OS/c20-15(19-5-7-21-8-6-19)14-9-13(11-18-14)17-10-12-3-1-2-4-16-12/h1-4,9,11,17-18H,5-8,10H2. The highest BCUT2D eigenvalue weighted by Gasteiger charge is 2.19. The predicted octanol–water partition coefficient (Wildman–Crippen LogP) is 2.21. The Morgan fingerprint density at radius 1 is 1.38 bits per heavy atom. The van der Waals surface area contributed by atoms with Gasteiger partial charge < -0.3 is 15.2 Å². The second-order valence-corrected chi connectivity index (χ2v) is 6.11. The monoisotopic (exact) mass is 302 g/mol. The molecule has 3 heterocycles. The molecule has 2 aromatic rings. The quantitative estimate of drug-likeness (QED) is 0.909. The van der Waals surface area contributed by atoms with Crippen LogP contribution in [0.5, 0.6) is 0 Å². The zero-order valence-corrected chi connectivity index (χ0v) is 12.5. The van der Waals surface area contributed by atoms with Crippen LogP contribution in [-0.2, 0) is 6.54 Å². The summed E-state index contributed by atoms with van der Waals surface area (Å²) < 4.78 is 0. The molecule has 2 N–H and O–H groups in total. The molecule has 6 heteroatoms. The first kappa shape index (κ1) is 14.0. The van der Waals surface area contributed by atoms with Crippen LogP contribution in [0.3, 0.4) is 0 Å². The molecule has 0 unspecified atom stereocenters. The molecule has 5 nitrogen and oxygen atoms in total. The van der Waals surface area contributed by atoms with Gasteiger partial charge in [0.15, 0.2) is 0 Å². The van der Waals surface area contributed by atoms with E-state index in [1.54, 1.807) is 6.20 Å². The fraction of sp³-hybridized carbons (Fsp3) is 0.333. The Hall–Kier alpha value is -1.95. The van der Waals surface area contributed by atoms with Gasteiger partial charge in [-0.3, -0.25) is 9.78 Å². The Morgan fingerprint density at radius 3 is 3.00 bits per heavy atom. The Kier molecular flexibility index (Phi) is 4.45. The molecule has 1 saturated heterocycles. The lowest BCUT2D eigenvalue weighted by Gasteiger charge is -2.25. The van der Waals surface area contributed by atoms with E-state index in [4.69, 9.17) is 0 Å². The molecule has 1 fully saturated rings. The molecule has 110 valence electrons. The molecule has 0 atom stereocenters. The third kappa shape index (κ3) is 3.58. The van der Waals surface area contributed by atoms with Crippen molar-refractivity contribution in [3.05, 3.63) is 48.0 Å². The molecule has 2 aromatic heterocycles. The summed E-state index contributed by atoms with van der Waals surface area (Å²) in [4.78, 5) is 21.6. The second kappa shape index (κ2) is 6.67. The highest BCUT2D eigenvalue weighted by molar-refractivity contribution is 7.99. The normalized spacial score (nSPS) is 15.0. The molecule has 1 amide bonds. The van der Waals surface area contributed by atoms with Crippen LogP contribution in [0.1, 0.15) is 16.2 Å². The van der Waals surface area contributed by atoms with Crippen molar-refractivity contribution in [2.45, 2.75) is 6.54 Å². The van der Waals surface area contributed by atoms with Gasteiger partial charge in [0.2, 0.25) is 0 Å². The molecule has 0 spiro atoms.